The minimum Gasteiger partial charge on any atom is -0.477 e. The first-order valence-electron chi connectivity index (χ1n) is 12.4. The van der Waals surface area contributed by atoms with Crippen LogP contribution in [0.4, 0.5) is 11.8 Å². The number of carbonyl (C=O) groups is 2. The van der Waals surface area contributed by atoms with Crippen molar-refractivity contribution in [1.82, 2.24) is 30.2 Å². The number of nitrogens with one attached hydrogen (secondary N) is 3. The van der Waals surface area contributed by atoms with Crippen molar-refractivity contribution in [3.8, 4) is 0 Å². The lowest BCUT2D eigenvalue weighted by Gasteiger charge is -2.24. The Hall–Kier alpha value is -3.53. The van der Waals surface area contributed by atoms with Crippen LogP contribution >= 0.6 is 0 Å². The molecule has 0 saturated carbocycles. The molecule has 184 valence electrons. The molecule has 3 aromatic rings. The molecule has 10 heteroatoms. The van der Waals surface area contributed by atoms with Gasteiger partial charge in [-0.05, 0) is 50.3 Å². The van der Waals surface area contributed by atoms with Crippen molar-refractivity contribution in [2.45, 2.75) is 64.0 Å². The SMILES string of the molecule is CCCCCc1nc(Nc2ccc(C(=O)N3CC[C@@H]4CC[C@H](C3)N4)cn2)nc2[nH]c(C(=O)O)cc12. The van der Waals surface area contributed by atoms with Gasteiger partial charge in [0.1, 0.15) is 17.2 Å². The standard InChI is InChI=1S/C25H31N7O3/c1-2-3-4-5-19-18-12-20(24(34)35)28-22(18)31-25(29-19)30-21-9-6-15(13-26-21)23(33)32-11-10-16-7-8-17(14-32)27-16/h6,9,12-13,16-17,27H,2-5,7-8,10-11,14H2,1H3,(H,34,35)(H2,26,28,29,30,31)/t16-,17+/m0/s1. The number of anilines is 2. The normalized spacial score (nSPS) is 19.6. The minimum absolute atomic E-state index is 0.00173. The average molecular weight is 478 g/mol. The highest BCUT2D eigenvalue weighted by Gasteiger charge is 2.31. The Labute approximate surface area is 203 Å². The van der Waals surface area contributed by atoms with E-state index >= 15 is 0 Å². The average Bonchev–Trinajstić information content (AvgIpc) is 3.42. The minimum atomic E-state index is -1.04. The Kier molecular flexibility index (Phi) is 6.63. The summed E-state index contributed by atoms with van der Waals surface area (Å²) in [5, 5.41) is 16.8. The Morgan fingerprint density at radius 2 is 2.03 bits per heavy atom. The van der Waals surface area contributed by atoms with E-state index < -0.39 is 5.97 Å². The number of hydrogen-bond donors (Lipinski definition) is 4. The van der Waals surface area contributed by atoms with E-state index in [1.807, 2.05) is 4.90 Å². The molecule has 0 unspecified atom stereocenters. The van der Waals surface area contributed by atoms with Crippen molar-refractivity contribution in [2.75, 3.05) is 18.4 Å². The van der Waals surface area contributed by atoms with E-state index in [9.17, 15) is 14.7 Å². The van der Waals surface area contributed by atoms with Crippen molar-refractivity contribution in [1.29, 1.82) is 0 Å². The zero-order chi connectivity index (χ0) is 24.4. The number of nitrogens with zero attached hydrogens (tertiary/aromatic N) is 4. The van der Waals surface area contributed by atoms with Crippen molar-refractivity contribution in [2.24, 2.45) is 0 Å². The molecule has 5 rings (SSSR count). The van der Waals surface area contributed by atoms with Gasteiger partial charge in [0.05, 0.1) is 11.3 Å². The number of rotatable bonds is 8. The second-order valence-corrected chi connectivity index (χ2v) is 9.44. The highest BCUT2D eigenvalue weighted by Crippen LogP contribution is 2.24. The molecular formula is C25H31N7O3. The summed E-state index contributed by atoms with van der Waals surface area (Å²) in [4.78, 5) is 42.8. The number of H-pyrrole nitrogens is 1. The van der Waals surface area contributed by atoms with Crippen LogP contribution in [0.15, 0.2) is 24.4 Å². The smallest absolute Gasteiger partial charge is 0.352 e. The van der Waals surface area contributed by atoms with Crippen molar-refractivity contribution < 1.29 is 14.7 Å². The predicted molar refractivity (Wildman–Crippen MR) is 132 cm³/mol. The first kappa shape index (κ1) is 23.2. The van der Waals surface area contributed by atoms with Gasteiger partial charge in [-0.2, -0.15) is 4.98 Å². The van der Waals surface area contributed by atoms with Crippen LogP contribution in [0, 0.1) is 0 Å². The third kappa shape index (κ3) is 5.12. The molecule has 2 atom stereocenters. The van der Waals surface area contributed by atoms with Crippen LogP contribution in [-0.2, 0) is 6.42 Å². The predicted octanol–water partition coefficient (Wildman–Crippen LogP) is 3.49. The summed E-state index contributed by atoms with van der Waals surface area (Å²) in [5.74, 6) is -0.181. The van der Waals surface area contributed by atoms with E-state index in [0.717, 1.165) is 62.7 Å². The maximum absolute atomic E-state index is 13.0. The molecule has 1 amide bonds. The molecule has 3 aromatic heterocycles. The Morgan fingerprint density at radius 3 is 2.80 bits per heavy atom. The molecule has 2 saturated heterocycles. The van der Waals surface area contributed by atoms with Crippen LogP contribution in [0.5, 0.6) is 0 Å². The van der Waals surface area contributed by atoms with Gasteiger partial charge in [-0.1, -0.05) is 19.8 Å². The Bertz CT molecular complexity index is 1220. The molecule has 0 radical (unpaired) electrons. The van der Waals surface area contributed by atoms with Crippen LogP contribution in [-0.4, -0.2) is 67.0 Å². The summed E-state index contributed by atoms with van der Waals surface area (Å²) in [6.45, 7) is 3.63. The summed E-state index contributed by atoms with van der Waals surface area (Å²) in [6, 6.07) is 6.01. The van der Waals surface area contributed by atoms with Crippen molar-refractivity contribution in [3.05, 3.63) is 41.3 Å². The van der Waals surface area contributed by atoms with Gasteiger partial charge in [-0.25, -0.2) is 14.8 Å². The van der Waals surface area contributed by atoms with Crippen LogP contribution in [0.2, 0.25) is 0 Å². The summed E-state index contributed by atoms with van der Waals surface area (Å²) in [7, 11) is 0. The number of amides is 1. The molecule has 2 aliphatic rings. The van der Waals surface area contributed by atoms with E-state index in [2.05, 4.69) is 37.5 Å². The number of unbranched alkanes of at least 4 members (excludes halogenated alkanes) is 2. The van der Waals surface area contributed by atoms with Crippen LogP contribution < -0.4 is 10.6 Å². The topological polar surface area (TPSA) is 136 Å². The molecule has 2 aliphatic heterocycles. The molecule has 0 aliphatic carbocycles. The first-order valence-corrected chi connectivity index (χ1v) is 12.4. The maximum Gasteiger partial charge on any atom is 0.352 e. The molecule has 4 N–H and O–H groups in total. The summed E-state index contributed by atoms with van der Waals surface area (Å²) < 4.78 is 0. The lowest BCUT2D eigenvalue weighted by Crippen LogP contribution is -2.39. The third-order valence-electron chi connectivity index (χ3n) is 6.87. The van der Waals surface area contributed by atoms with Gasteiger partial charge in [0.25, 0.3) is 5.91 Å². The second kappa shape index (κ2) is 9.99. The fourth-order valence-corrected chi connectivity index (χ4v) is 4.99. The highest BCUT2D eigenvalue weighted by molar-refractivity contribution is 5.94. The number of aryl methyl sites for hydroxylation is 1. The van der Waals surface area contributed by atoms with E-state index in [1.54, 1.807) is 24.4 Å². The van der Waals surface area contributed by atoms with E-state index in [-0.39, 0.29) is 11.6 Å². The molecule has 2 fully saturated rings. The number of hydrogen-bond acceptors (Lipinski definition) is 7. The number of carbonyl (C=O) groups excluding carboxylic acids is 1. The highest BCUT2D eigenvalue weighted by atomic mass is 16.4. The van der Waals surface area contributed by atoms with Crippen LogP contribution in [0.1, 0.15) is 72.0 Å². The van der Waals surface area contributed by atoms with Gasteiger partial charge in [-0.15, -0.1) is 0 Å². The number of aromatic nitrogens is 4. The van der Waals surface area contributed by atoms with Gasteiger partial charge in [0.15, 0.2) is 0 Å². The summed E-state index contributed by atoms with van der Waals surface area (Å²) in [6.07, 6.45) is 8.71. The van der Waals surface area contributed by atoms with E-state index in [0.29, 0.717) is 35.1 Å². The van der Waals surface area contributed by atoms with E-state index in [4.69, 9.17) is 0 Å². The van der Waals surface area contributed by atoms with Gasteiger partial charge in [-0.3, -0.25) is 4.79 Å². The third-order valence-corrected chi connectivity index (χ3v) is 6.87. The van der Waals surface area contributed by atoms with E-state index in [1.165, 1.54) is 6.42 Å². The number of fused-ring (bicyclic) bond motifs is 3. The Balaban J connectivity index is 1.32. The quantitative estimate of drug-likeness (QED) is 0.362. The molecular weight excluding hydrogens is 446 g/mol. The van der Waals surface area contributed by atoms with Gasteiger partial charge in [0.2, 0.25) is 5.95 Å². The molecule has 2 bridgehead atoms. The summed E-state index contributed by atoms with van der Waals surface area (Å²) in [5.41, 5.74) is 1.91. The maximum atomic E-state index is 13.0. The fourth-order valence-electron chi connectivity index (χ4n) is 4.99. The fraction of sp³-hybridized carbons (Fsp3) is 0.480. The second-order valence-electron chi connectivity index (χ2n) is 9.44. The lowest BCUT2D eigenvalue weighted by molar-refractivity contribution is 0.0690. The number of aromatic amines is 1. The molecule has 0 aromatic carbocycles. The number of aromatic carboxylic acids is 1. The van der Waals surface area contributed by atoms with Crippen molar-refractivity contribution >= 4 is 34.7 Å². The number of pyridine rings is 1. The number of carboxylic acids is 1. The monoisotopic (exact) mass is 477 g/mol. The van der Waals surface area contributed by atoms with Gasteiger partial charge < -0.3 is 25.6 Å². The van der Waals surface area contributed by atoms with Crippen molar-refractivity contribution in [3.63, 3.8) is 0 Å². The largest absolute Gasteiger partial charge is 0.477 e. The zero-order valence-corrected chi connectivity index (χ0v) is 19.9. The van der Waals surface area contributed by atoms with Gasteiger partial charge in [0, 0.05) is 36.8 Å². The number of carboxylic acid groups (broad SMARTS) is 1. The lowest BCUT2D eigenvalue weighted by atomic mass is 10.1. The molecule has 10 nitrogen and oxygen atoms in total. The zero-order valence-electron chi connectivity index (χ0n) is 19.9. The van der Waals surface area contributed by atoms with Gasteiger partial charge >= 0.3 is 5.97 Å². The summed E-state index contributed by atoms with van der Waals surface area (Å²) >= 11 is 0. The molecule has 5 heterocycles. The number of likely N-dealkylation sites (tertiary alicyclic amines) is 1. The van der Waals surface area contributed by atoms with Crippen LogP contribution in [0.3, 0.4) is 0 Å². The Morgan fingerprint density at radius 1 is 1.17 bits per heavy atom. The molecule has 0 spiro atoms. The first-order chi connectivity index (χ1) is 17.0. The van der Waals surface area contributed by atoms with Crippen LogP contribution in [0.25, 0.3) is 11.0 Å². The molecule has 35 heavy (non-hydrogen) atoms.